The number of carbonyl (C=O) groups excluding carboxylic acids is 2. The molecule has 1 N–H and O–H groups in total. The van der Waals surface area contributed by atoms with Gasteiger partial charge in [-0.1, -0.05) is 0 Å². The molecule has 0 aliphatic heterocycles. The molecule has 3 atom stereocenters. The number of hydrogen-bond donors (Lipinski definition) is 1. The van der Waals surface area contributed by atoms with Gasteiger partial charge < -0.3 is 14.6 Å². The molecule has 0 aromatic heterocycles. The van der Waals surface area contributed by atoms with Crippen LogP contribution in [0, 0.1) is 0 Å². The number of ether oxygens (including phenoxy) is 2. The summed E-state index contributed by atoms with van der Waals surface area (Å²) < 4.78 is 10.1. The van der Waals surface area contributed by atoms with Crippen LogP contribution in [0.15, 0.2) is 0 Å². The maximum Gasteiger partial charge on any atom is 0.303 e. The second-order valence-electron chi connectivity index (χ2n) is 4.46. The monoisotopic (exact) mass is 230 g/mol. The Morgan fingerprint density at radius 3 is 2.31 bits per heavy atom. The van der Waals surface area contributed by atoms with E-state index in [4.69, 9.17) is 9.47 Å². The van der Waals surface area contributed by atoms with Crippen molar-refractivity contribution in [1.29, 1.82) is 0 Å². The SMILES string of the molecule is CC(=O)OC1CCC(C)(O)C(OC(C)=O)C1. The van der Waals surface area contributed by atoms with Crippen molar-refractivity contribution < 1.29 is 24.2 Å². The average molecular weight is 230 g/mol. The third-order valence-corrected chi connectivity index (χ3v) is 2.78. The van der Waals surface area contributed by atoms with Gasteiger partial charge in [0.25, 0.3) is 0 Å². The van der Waals surface area contributed by atoms with Crippen LogP contribution in [0.25, 0.3) is 0 Å². The summed E-state index contributed by atoms with van der Waals surface area (Å²) >= 11 is 0. The molecule has 1 saturated carbocycles. The summed E-state index contributed by atoms with van der Waals surface area (Å²) in [6.45, 7) is 4.27. The molecule has 0 radical (unpaired) electrons. The first kappa shape index (κ1) is 13.0. The molecule has 0 saturated heterocycles. The molecule has 0 heterocycles. The van der Waals surface area contributed by atoms with Crippen LogP contribution in [0.4, 0.5) is 0 Å². The smallest absolute Gasteiger partial charge is 0.303 e. The summed E-state index contributed by atoms with van der Waals surface area (Å²) in [7, 11) is 0. The molecule has 1 aliphatic carbocycles. The van der Waals surface area contributed by atoms with Crippen molar-refractivity contribution in [1.82, 2.24) is 0 Å². The van der Waals surface area contributed by atoms with E-state index in [0.29, 0.717) is 19.3 Å². The minimum absolute atomic E-state index is 0.276. The predicted molar refractivity (Wildman–Crippen MR) is 55.6 cm³/mol. The zero-order chi connectivity index (χ0) is 12.3. The van der Waals surface area contributed by atoms with E-state index in [1.54, 1.807) is 6.92 Å². The van der Waals surface area contributed by atoms with Crippen LogP contribution >= 0.6 is 0 Å². The Kier molecular flexibility index (Phi) is 3.91. The topological polar surface area (TPSA) is 72.8 Å². The summed E-state index contributed by atoms with van der Waals surface area (Å²) in [6, 6.07) is 0. The number of hydrogen-bond acceptors (Lipinski definition) is 5. The van der Waals surface area contributed by atoms with Gasteiger partial charge in [0, 0.05) is 20.3 Å². The molecule has 5 heteroatoms. The van der Waals surface area contributed by atoms with E-state index in [9.17, 15) is 14.7 Å². The van der Waals surface area contributed by atoms with Gasteiger partial charge in [0.05, 0.1) is 5.60 Å². The second-order valence-corrected chi connectivity index (χ2v) is 4.46. The molecule has 1 rings (SSSR count). The lowest BCUT2D eigenvalue weighted by atomic mass is 9.82. The Morgan fingerprint density at radius 1 is 1.25 bits per heavy atom. The predicted octanol–water partition coefficient (Wildman–Crippen LogP) is 0.785. The van der Waals surface area contributed by atoms with Crippen molar-refractivity contribution in [3.05, 3.63) is 0 Å². The van der Waals surface area contributed by atoms with Crippen LogP contribution in [0.5, 0.6) is 0 Å². The van der Waals surface area contributed by atoms with Crippen LogP contribution in [-0.2, 0) is 19.1 Å². The van der Waals surface area contributed by atoms with Gasteiger partial charge in [-0.3, -0.25) is 9.59 Å². The zero-order valence-corrected chi connectivity index (χ0v) is 9.86. The van der Waals surface area contributed by atoms with Crippen molar-refractivity contribution >= 4 is 11.9 Å². The highest BCUT2D eigenvalue weighted by Gasteiger charge is 2.41. The fraction of sp³-hybridized carbons (Fsp3) is 0.818. The van der Waals surface area contributed by atoms with Crippen molar-refractivity contribution in [2.75, 3.05) is 0 Å². The van der Waals surface area contributed by atoms with Gasteiger partial charge in [-0.15, -0.1) is 0 Å². The lowest BCUT2D eigenvalue weighted by Crippen LogP contribution is -2.48. The minimum Gasteiger partial charge on any atom is -0.462 e. The number of esters is 2. The average Bonchev–Trinajstić information content (AvgIpc) is 2.09. The number of aliphatic hydroxyl groups is 1. The first-order chi connectivity index (χ1) is 7.31. The lowest BCUT2D eigenvalue weighted by Gasteiger charge is -2.39. The summed E-state index contributed by atoms with van der Waals surface area (Å²) in [6.07, 6.45) is 0.504. The maximum atomic E-state index is 10.9. The van der Waals surface area contributed by atoms with Gasteiger partial charge in [-0.2, -0.15) is 0 Å². The molecule has 0 amide bonds. The van der Waals surface area contributed by atoms with E-state index in [-0.39, 0.29) is 12.1 Å². The van der Waals surface area contributed by atoms with E-state index >= 15 is 0 Å². The Hall–Kier alpha value is -1.10. The van der Waals surface area contributed by atoms with Crippen molar-refractivity contribution in [3.63, 3.8) is 0 Å². The van der Waals surface area contributed by atoms with Crippen LogP contribution in [-0.4, -0.2) is 34.9 Å². The van der Waals surface area contributed by atoms with Crippen molar-refractivity contribution in [2.45, 2.75) is 57.8 Å². The standard InChI is InChI=1S/C11H18O5/c1-7(12)15-9-4-5-11(3,14)10(6-9)16-8(2)13/h9-10,14H,4-6H2,1-3H3. The molecule has 1 aliphatic rings. The van der Waals surface area contributed by atoms with Gasteiger partial charge >= 0.3 is 11.9 Å². The maximum absolute atomic E-state index is 10.9. The van der Waals surface area contributed by atoms with E-state index in [1.165, 1.54) is 13.8 Å². The molecular formula is C11H18O5. The fourth-order valence-electron chi connectivity index (χ4n) is 1.94. The summed E-state index contributed by atoms with van der Waals surface area (Å²) in [5.74, 6) is -0.790. The molecule has 0 spiro atoms. The van der Waals surface area contributed by atoms with Crippen LogP contribution in [0.1, 0.15) is 40.0 Å². The summed E-state index contributed by atoms with van der Waals surface area (Å²) in [5.41, 5.74) is -1.04. The molecule has 16 heavy (non-hydrogen) atoms. The quantitative estimate of drug-likeness (QED) is 0.710. The highest BCUT2D eigenvalue weighted by atomic mass is 16.6. The fourth-order valence-corrected chi connectivity index (χ4v) is 1.94. The molecule has 92 valence electrons. The Labute approximate surface area is 94.7 Å². The van der Waals surface area contributed by atoms with E-state index in [2.05, 4.69) is 0 Å². The van der Waals surface area contributed by atoms with Gasteiger partial charge in [-0.05, 0) is 19.8 Å². The first-order valence-electron chi connectivity index (χ1n) is 5.38. The molecule has 1 fully saturated rings. The van der Waals surface area contributed by atoms with E-state index in [0.717, 1.165) is 0 Å². The minimum atomic E-state index is -1.04. The normalized spacial score (nSPS) is 34.2. The number of carbonyl (C=O) groups is 2. The van der Waals surface area contributed by atoms with Crippen molar-refractivity contribution in [2.24, 2.45) is 0 Å². The first-order valence-corrected chi connectivity index (χ1v) is 5.38. The van der Waals surface area contributed by atoms with Gasteiger partial charge in [0.1, 0.15) is 12.2 Å². The van der Waals surface area contributed by atoms with Crippen LogP contribution in [0.2, 0.25) is 0 Å². The van der Waals surface area contributed by atoms with E-state index in [1.807, 2.05) is 0 Å². The molecule has 0 aromatic rings. The lowest BCUT2D eigenvalue weighted by molar-refractivity contribution is -0.178. The van der Waals surface area contributed by atoms with Gasteiger partial charge in [0.15, 0.2) is 0 Å². The summed E-state index contributed by atoms with van der Waals surface area (Å²) in [5, 5.41) is 10.0. The second kappa shape index (κ2) is 4.82. The van der Waals surface area contributed by atoms with Crippen molar-refractivity contribution in [3.8, 4) is 0 Å². The molecule has 0 bridgehead atoms. The molecule has 3 unspecified atom stereocenters. The molecular weight excluding hydrogens is 212 g/mol. The highest BCUT2D eigenvalue weighted by Crippen LogP contribution is 2.32. The van der Waals surface area contributed by atoms with Crippen LogP contribution in [0.3, 0.4) is 0 Å². The summed E-state index contributed by atoms with van der Waals surface area (Å²) in [4.78, 5) is 21.7. The zero-order valence-electron chi connectivity index (χ0n) is 9.86. The largest absolute Gasteiger partial charge is 0.462 e. The Morgan fingerprint density at radius 2 is 1.81 bits per heavy atom. The van der Waals surface area contributed by atoms with Gasteiger partial charge in [0.2, 0.25) is 0 Å². The highest BCUT2D eigenvalue weighted by molar-refractivity contribution is 5.66. The molecule has 5 nitrogen and oxygen atoms in total. The third kappa shape index (κ3) is 3.48. The third-order valence-electron chi connectivity index (χ3n) is 2.78. The Balaban J connectivity index is 2.62. The van der Waals surface area contributed by atoms with E-state index < -0.39 is 17.7 Å². The van der Waals surface area contributed by atoms with Gasteiger partial charge in [-0.25, -0.2) is 0 Å². The number of rotatable bonds is 2. The van der Waals surface area contributed by atoms with Crippen LogP contribution < -0.4 is 0 Å². The molecule has 0 aromatic carbocycles. The Bertz CT molecular complexity index is 284.